The van der Waals surface area contributed by atoms with Gasteiger partial charge < -0.3 is 4.74 Å². The summed E-state index contributed by atoms with van der Waals surface area (Å²) in [5, 5.41) is 0. The smallest absolute Gasteiger partial charge is 0.411 e. The number of pyridine rings is 1. The molecule has 0 N–H and O–H groups in total. The zero-order valence-electron chi connectivity index (χ0n) is 9.80. The Morgan fingerprint density at radius 2 is 2.25 bits per heavy atom. The first-order valence-corrected chi connectivity index (χ1v) is 5.36. The number of carbonyl (C=O) groups is 1. The van der Waals surface area contributed by atoms with E-state index >= 15 is 0 Å². The highest BCUT2D eigenvalue weighted by molar-refractivity contribution is 5.71. The summed E-state index contributed by atoms with van der Waals surface area (Å²) in [5.41, 5.74) is 0.746. The Morgan fingerprint density at radius 1 is 1.50 bits per heavy atom. The second kappa shape index (κ2) is 3.77. The van der Waals surface area contributed by atoms with Crippen molar-refractivity contribution in [2.75, 3.05) is 6.54 Å². The zero-order chi connectivity index (χ0) is 11.8. The summed E-state index contributed by atoms with van der Waals surface area (Å²) in [4.78, 5) is 17.5. The van der Waals surface area contributed by atoms with Gasteiger partial charge >= 0.3 is 6.09 Å². The van der Waals surface area contributed by atoms with Crippen LogP contribution >= 0.6 is 0 Å². The van der Waals surface area contributed by atoms with Crippen LogP contribution < -0.4 is 0 Å². The molecule has 2 heterocycles. The summed E-state index contributed by atoms with van der Waals surface area (Å²) in [6.07, 6.45) is 3.01. The molecular weight excluding hydrogens is 204 g/mol. The molecule has 1 aromatic rings. The first-order chi connectivity index (χ1) is 7.48. The van der Waals surface area contributed by atoms with Gasteiger partial charge in [0.25, 0.3) is 0 Å². The lowest BCUT2D eigenvalue weighted by Gasteiger charge is -2.29. The van der Waals surface area contributed by atoms with E-state index in [0.717, 1.165) is 5.56 Å². The largest absolute Gasteiger partial charge is 0.439 e. The van der Waals surface area contributed by atoms with Gasteiger partial charge in [-0.3, -0.25) is 9.88 Å². The van der Waals surface area contributed by atoms with Crippen LogP contribution in [0.5, 0.6) is 0 Å². The summed E-state index contributed by atoms with van der Waals surface area (Å²) < 4.78 is 5.33. The molecule has 1 unspecified atom stereocenters. The molecule has 2 rings (SSSR count). The monoisotopic (exact) mass is 220 g/mol. The summed E-state index contributed by atoms with van der Waals surface area (Å²) in [7, 11) is 0. The fourth-order valence-electron chi connectivity index (χ4n) is 1.75. The average Bonchev–Trinajstić information content (AvgIpc) is 2.61. The molecule has 0 saturated carbocycles. The van der Waals surface area contributed by atoms with Crippen LogP contribution in [0.2, 0.25) is 0 Å². The van der Waals surface area contributed by atoms with Crippen molar-refractivity contribution in [3.8, 4) is 0 Å². The summed E-state index contributed by atoms with van der Waals surface area (Å²) in [6, 6.07) is 3.78. The number of ether oxygens (including phenoxy) is 1. The van der Waals surface area contributed by atoms with Gasteiger partial charge in [0.05, 0.1) is 6.54 Å². The Labute approximate surface area is 95.2 Å². The molecule has 0 aliphatic carbocycles. The minimum atomic E-state index is -0.249. The van der Waals surface area contributed by atoms with Crippen molar-refractivity contribution in [1.29, 1.82) is 0 Å². The van der Waals surface area contributed by atoms with E-state index in [1.807, 2.05) is 32.9 Å². The predicted molar refractivity (Wildman–Crippen MR) is 59.9 cm³/mol. The lowest BCUT2D eigenvalue weighted by Crippen LogP contribution is -2.41. The standard InChI is InChI=1S/C12H16N2O2/c1-12(2,3)14-8-10(16-11(14)15)9-5-4-6-13-7-9/h4-7,10H,8H2,1-3H3. The Morgan fingerprint density at radius 3 is 2.75 bits per heavy atom. The first kappa shape index (κ1) is 10.9. The molecule has 0 aromatic carbocycles. The number of hydrogen-bond donors (Lipinski definition) is 0. The van der Waals surface area contributed by atoms with Crippen molar-refractivity contribution in [2.45, 2.75) is 32.4 Å². The third-order valence-electron chi connectivity index (χ3n) is 2.68. The lowest BCUT2D eigenvalue weighted by molar-refractivity contribution is 0.120. The minimum Gasteiger partial charge on any atom is -0.439 e. The molecule has 1 saturated heterocycles. The van der Waals surface area contributed by atoms with Crippen molar-refractivity contribution in [2.24, 2.45) is 0 Å². The van der Waals surface area contributed by atoms with Crippen LogP contribution in [0, 0.1) is 0 Å². The van der Waals surface area contributed by atoms with Crippen LogP contribution in [0.15, 0.2) is 24.5 Å². The van der Waals surface area contributed by atoms with Crippen LogP contribution in [0.1, 0.15) is 32.4 Å². The molecule has 1 aromatic heterocycles. The van der Waals surface area contributed by atoms with Crippen LogP contribution in [0.4, 0.5) is 4.79 Å². The van der Waals surface area contributed by atoms with E-state index in [9.17, 15) is 4.79 Å². The average molecular weight is 220 g/mol. The zero-order valence-corrected chi connectivity index (χ0v) is 9.80. The molecule has 0 spiro atoms. The third kappa shape index (κ3) is 2.01. The molecule has 1 aliphatic rings. The molecule has 86 valence electrons. The normalized spacial score (nSPS) is 21.1. The van der Waals surface area contributed by atoms with Crippen LogP contribution in [-0.2, 0) is 4.74 Å². The van der Waals surface area contributed by atoms with Crippen molar-refractivity contribution in [3.63, 3.8) is 0 Å². The Kier molecular flexibility index (Phi) is 2.58. The molecule has 0 bridgehead atoms. The Balaban J connectivity index is 2.16. The highest BCUT2D eigenvalue weighted by Crippen LogP contribution is 2.30. The predicted octanol–water partition coefficient (Wildman–Crippen LogP) is 2.37. The summed E-state index contributed by atoms with van der Waals surface area (Å²) in [5.74, 6) is 0. The number of cyclic esters (lactones) is 1. The molecule has 1 aliphatic heterocycles. The van der Waals surface area contributed by atoms with E-state index in [1.54, 1.807) is 17.3 Å². The fraction of sp³-hybridized carbons (Fsp3) is 0.500. The number of hydrogen-bond acceptors (Lipinski definition) is 3. The Hall–Kier alpha value is -1.58. The van der Waals surface area contributed by atoms with Crippen molar-refractivity contribution >= 4 is 6.09 Å². The van der Waals surface area contributed by atoms with Crippen molar-refractivity contribution < 1.29 is 9.53 Å². The number of amides is 1. The van der Waals surface area contributed by atoms with Gasteiger partial charge in [-0.15, -0.1) is 0 Å². The van der Waals surface area contributed by atoms with Gasteiger partial charge in [-0.1, -0.05) is 6.07 Å². The van der Waals surface area contributed by atoms with Crippen molar-refractivity contribution in [1.82, 2.24) is 9.88 Å². The van der Waals surface area contributed by atoms with Gasteiger partial charge in [-0.2, -0.15) is 0 Å². The van der Waals surface area contributed by atoms with Gasteiger partial charge in [0.2, 0.25) is 0 Å². The third-order valence-corrected chi connectivity index (χ3v) is 2.68. The number of nitrogens with zero attached hydrogens (tertiary/aromatic N) is 2. The van der Waals surface area contributed by atoms with E-state index in [4.69, 9.17) is 4.74 Å². The van der Waals surface area contributed by atoms with E-state index < -0.39 is 0 Å². The van der Waals surface area contributed by atoms with E-state index in [2.05, 4.69) is 4.98 Å². The van der Waals surface area contributed by atoms with Gasteiger partial charge in [-0.25, -0.2) is 4.79 Å². The molecule has 1 atom stereocenters. The van der Waals surface area contributed by atoms with E-state index in [-0.39, 0.29) is 17.7 Å². The molecular formula is C12H16N2O2. The highest BCUT2D eigenvalue weighted by Gasteiger charge is 2.38. The molecule has 1 amide bonds. The number of aromatic nitrogens is 1. The van der Waals surface area contributed by atoms with Crippen LogP contribution in [0.3, 0.4) is 0 Å². The van der Waals surface area contributed by atoms with Gasteiger partial charge in [0.1, 0.15) is 6.10 Å². The Bertz CT molecular complexity index is 384. The maximum absolute atomic E-state index is 11.7. The van der Waals surface area contributed by atoms with Gasteiger partial charge in [0.15, 0.2) is 0 Å². The molecule has 0 radical (unpaired) electrons. The fourth-order valence-corrected chi connectivity index (χ4v) is 1.75. The van der Waals surface area contributed by atoms with Gasteiger partial charge in [-0.05, 0) is 26.8 Å². The van der Waals surface area contributed by atoms with E-state index in [1.165, 1.54) is 0 Å². The quantitative estimate of drug-likeness (QED) is 0.729. The summed E-state index contributed by atoms with van der Waals surface area (Å²) in [6.45, 7) is 6.59. The van der Waals surface area contributed by atoms with Crippen LogP contribution in [-0.4, -0.2) is 28.1 Å². The molecule has 16 heavy (non-hydrogen) atoms. The second-order valence-electron chi connectivity index (χ2n) is 4.94. The molecule has 4 nitrogen and oxygen atoms in total. The van der Waals surface area contributed by atoms with E-state index in [0.29, 0.717) is 6.54 Å². The molecule has 4 heteroatoms. The first-order valence-electron chi connectivity index (χ1n) is 5.36. The maximum Gasteiger partial charge on any atom is 0.411 e. The SMILES string of the molecule is CC(C)(C)N1CC(c2cccnc2)OC1=O. The number of rotatable bonds is 1. The summed E-state index contributed by atoms with van der Waals surface area (Å²) >= 11 is 0. The highest BCUT2D eigenvalue weighted by atomic mass is 16.6. The second-order valence-corrected chi connectivity index (χ2v) is 4.94. The topological polar surface area (TPSA) is 42.4 Å². The molecule has 1 fully saturated rings. The maximum atomic E-state index is 11.7. The van der Waals surface area contributed by atoms with Gasteiger partial charge in [0, 0.05) is 23.5 Å². The minimum absolute atomic E-state index is 0.194. The van der Waals surface area contributed by atoms with Crippen molar-refractivity contribution in [3.05, 3.63) is 30.1 Å². The number of carbonyl (C=O) groups excluding carboxylic acids is 1. The lowest BCUT2D eigenvalue weighted by atomic mass is 10.1. The van der Waals surface area contributed by atoms with Crippen LogP contribution in [0.25, 0.3) is 0 Å².